The Balaban J connectivity index is 1.16. The Morgan fingerprint density at radius 2 is 1.01 bits per heavy atom. The largest absolute Gasteiger partial charge is 0.310 e. The Labute approximate surface area is 401 Å². The number of allylic oxidation sites excluding steroid dienone is 5. The van der Waals surface area contributed by atoms with Crippen molar-refractivity contribution in [2.24, 2.45) is 0 Å². The van der Waals surface area contributed by atoms with E-state index in [0.29, 0.717) is 0 Å². The summed E-state index contributed by atoms with van der Waals surface area (Å²) in [5.74, 6) is 0. The molecule has 68 heavy (non-hydrogen) atoms. The van der Waals surface area contributed by atoms with Crippen molar-refractivity contribution in [3.63, 3.8) is 0 Å². The number of rotatable bonds is 10. The molecule has 0 saturated heterocycles. The predicted molar refractivity (Wildman–Crippen MR) is 289 cm³/mol. The van der Waals surface area contributed by atoms with Gasteiger partial charge < -0.3 is 9.80 Å². The summed E-state index contributed by atoms with van der Waals surface area (Å²) >= 11 is 0. The zero-order valence-corrected chi connectivity index (χ0v) is 39.0. The van der Waals surface area contributed by atoms with Gasteiger partial charge in [-0.2, -0.15) is 0 Å². The van der Waals surface area contributed by atoms with Gasteiger partial charge in [-0.05, 0) is 196 Å². The molecule has 330 valence electrons. The molecule has 0 fully saturated rings. The number of benzene rings is 9. The lowest BCUT2D eigenvalue weighted by Gasteiger charge is -2.36. The van der Waals surface area contributed by atoms with Crippen LogP contribution < -0.4 is 9.80 Å². The molecule has 12 rings (SSSR count). The van der Waals surface area contributed by atoms with Gasteiger partial charge in [0.2, 0.25) is 0 Å². The van der Waals surface area contributed by atoms with E-state index in [-0.39, 0.29) is 0 Å². The quantitative estimate of drug-likeness (QED) is 0.0998. The second kappa shape index (κ2) is 17.5. The summed E-state index contributed by atoms with van der Waals surface area (Å²) in [4.78, 5) is 5.03. The van der Waals surface area contributed by atoms with Gasteiger partial charge in [-0.25, -0.2) is 0 Å². The summed E-state index contributed by atoms with van der Waals surface area (Å²) in [6, 6.07) is 70.7. The molecule has 9 aromatic rings. The summed E-state index contributed by atoms with van der Waals surface area (Å²) < 4.78 is 0. The van der Waals surface area contributed by atoms with Gasteiger partial charge in [-0.1, -0.05) is 158 Å². The fraction of sp³-hybridized carbons (Fsp3) is 0.152. The number of nitrogens with zero attached hydrogens (tertiary/aromatic N) is 2. The van der Waals surface area contributed by atoms with Crippen LogP contribution in [0.3, 0.4) is 0 Å². The molecule has 0 spiro atoms. The Kier molecular flexibility index (Phi) is 10.7. The first kappa shape index (κ1) is 41.7. The maximum atomic E-state index is 5.11. The molecule has 2 nitrogen and oxygen atoms in total. The summed E-state index contributed by atoms with van der Waals surface area (Å²) in [5.41, 5.74) is 19.6. The van der Waals surface area contributed by atoms with Crippen molar-refractivity contribution in [2.75, 3.05) is 9.80 Å². The van der Waals surface area contributed by atoms with Gasteiger partial charge in [-0.15, -0.1) is 0 Å². The SMILES string of the molecule is C=C(/C=C\C=C/C)C1(c2ccccc2)c2cc(N(c3ccccc3)c3cccc4c3CCCC4)ccc2-c2c1c1ccc(N(c3ccccc3)c3cccc4c3CCCC4)cc1c1ccccc21. The Hall–Kier alpha value is -7.68. The summed E-state index contributed by atoms with van der Waals surface area (Å²) in [6.07, 6.45) is 18.0. The summed E-state index contributed by atoms with van der Waals surface area (Å²) in [7, 11) is 0. The molecule has 3 aliphatic carbocycles. The van der Waals surface area contributed by atoms with E-state index in [4.69, 9.17) is 6.58 Å². The average Bonchev–Trinajstić information content (AvgIpc) is 3.71. The van der Waals surface area contributed by atoms with Crippen molar-refractivity contribution >= 4 is 55.7 Å². The smallest absolute Gasteiger partial charge is 0.0714 e. The molecule has 0 bridgehead atoms. The number of para-hydroxylation sites is 2. The highest BCUT2D eigenvalue weighted by Crippen LogP contribution is 2.62. The van der Waals surface area contributed by atoms with Gasteiger partial charge in [0.25, 0.3) is 0 Å². The van der Waals surface area contributed by atoms with Gasteiger partial charge in [0, 0.05) is 34.1 Å². The minimum absolute atomic E-state index is 0.736. The first-order chi connectivity index (χ1) is 33.6. The molecule has 9 aromatic carbocycles. The third kappa shape index (κ3) is 6.76. The number of anilines is 6. The van der Waals surface area contributed by atoms with Crippen LogP contribution in [-0.2, 0) is 31.1 Å². The van der Waals surface area contributed by atoms with Gasteiger partial charge >= 0.3 is 0 Å². The lowest BCUT2D eigenvalue weighted by molar-refractivity contribution is 0.686. The normalized spacial score (nSPS) is 16.1. The first-order valence-corrected chi connectivity index (χ1v) is 24.7. The van der Waals surface area contributed by atoms with Crippen LogP contribution in [0.4, 0.5) is 34.1 Å². The van der Waals surface area contributed by atoms with E-state index in [1.807, 2.05) is 0 Å². The summed E-state index contributed by atoms with van der Waals surface area (Å²) in [6.45, 7) is 7.19. The van der Waals surface area contributed by atoms with Crippen LogP contribution >= 0.6 is 0 Å². The zero-order valence-electron chi connectivity index (χ0n) is 39.0. The molecule has 0 N–H and O–H groups in total. The van der Waals surface area contributed by atoms with Gasteiger partial charge in [0.15, 0.2) is 0 Å². The van der Waals surface area contributed by atoms with Gasteiger partial charge in [0.05, 0.1) is 5.41 Å². The van der Waals surface area contributed by atoms with E-state index in [1.54, 1.807) is 0 Å². The van der Waals surface area contributed by atoms with Crippen molar-refractivity contribution in [3.05, 3.63) is 263 Å². The van der Waals surface area contributed by atoms with E-state index >= 15 is 0 Å². The van der Waals surface area contributed by atoms with E-state index in [1.165, 1.54) is 114 Å². The lowest BCUT2D eigenvalue weighted by Crippen LogP contribution is -2.29. The highest BCUT2D eigenvalue weighted by Gasteiger charge is 2.48. The minimum Gasteiger partial charge on any atom is -0.310 e. The molecule has 0 amide bonds. The Morgan fingerprint density at radius 1 is 0.471 bits per heavy atom. The molecule has 1 atom stereocenters. The maximum absolute atomic E-state index is 5.11. The van der Waals surface area contributed by atoms with Gasteiger partial charge in [-0.3, -0.25) is 0 Å². The van der Waals surface area contributed by atoms with Crippen LogP contribution in [0.25, 0.3) is 32.7 Å². The third-order valence-electron chi connectivity index (χ3n) is 15.1. The lowest BCUT2D eigenvalue weighted by atomic mass is 9.66. The fourth-order valence-corrected chi connectivity index (χ4v) is 12.2. The van der Waals surface area contributed by atoms with Crippen LogP contribution in [0.5, 0.6) is 0 Å². The highest BCUT2D eigenvalue weighted by molar-refractivity contribution is 6.20. The second-order valence-electron chi connectivity index (χ2n) is 18.9. The van der Waals surface area contributed by atoms with E-state index in [2.05, 4.69) is 229 Å². The second-order valence-corrected chi connectivity index (χ2v) is 18.9. The first-order valence-electron chi connectivity index (χ1n) is 24.7. The van der Waals surface area contributed by atoms with Gasteiger partial charge in [0.1, 0.15) is 0 Å². The Bertz CT molecular complexity index is 3430. The van der Waals surface area contributed by atoms with Crippen LogP contribution in [0, 0.1) is 0 Å². The van der Waals surface area contributed by atoms with Crippen molar-refractivity contribution < 1.29 is 0 Å². The number of aryl methyl sites for hydroxylation is 2. The summed E-state index contributed by atoms with van der Waals surface area (Å²) in [5, 5.41) is 4.99. The van der Waals surface area contributed by atoms with Crippen molar-refractivity contribution in [2.45, 2.75) is 63.7 Å². The molecule has 0 heterocycles. The molecule has 0 saturated carbocycles. The van der Waals surface area contributed by atoms with Crippen molar-refractivity contribution in [1.82, 2.24) is 0 Å². The molecule has 0 aliphatic heterocycles. The fourth-order valence-electron chi connectivity index (χ4n) is 12.2. The number of hydrogen-bond donors (Lipinski definition) is 0. The monoisotopic (exact) mass is 876 g/mol. The predicted octanol–water partition coefficient (Wildman–Crippen LogP) is 17.7. The van der Waals surface area contributed by atoms with Crippen LogP contribution in [0.2, 0.25) is 0 Å². The molecule has 1 unspecified atom stereocenters. The van der Waals surface area contributed by atoms with Crippen LogP contribution in [0.15, 0.2) is 225 Å². The average molecular weight is 877 g/mol. The highest BCUT2D eigenvalue weighted by atomic mass is 15.2. The van der Waals surface area contributed by atoms with Crippen LogP contribution in [0.1, 0.15) is 71.6 Å². The molecule has 0 aromatic heterocycles. The van der Waals surface area contributed by atoms with E-state index < -0.39 is 5.41 Å². The standard InChI is InChI=1S/C66H56N2/c1-3-4-8-23-46(2)66(49-28-9-5-10-29-49)61-45-53(68(51-32-13-7-14-33-51)63-39-22-27-48-25-16-18-35-55(48)63)41-43-59(61)64-57-37-20-19-36-56(57)60-44-52(40-42-58(60)65(64)66)67(50-30-11-6-12-31-50)62-38-21-26-47-24-15-17-34-54(47)62/h3-14,19-23,26-33,36-45H,2,15-18,24-25,34-35H2,1H3/b4-3-,23-8-. The molecule has 3 aliphatic rings. The van der Waals surface area contributed by atoms with Crippen molar-refractivity contribution in [1.29, 1.82) is 0 Å². The van der Waals surface area contributed by atoms with Crippen LogP contribution in [-0.4, -0.2) is 0 Å². The maximum Gasteiger partial charge on any atom is 0.0714 e. The molecular weight excluding hydrogens is 821 g/mol. The molecular formula is C66H56N2. The van der Waals surface area contributed by atoms with E-state index in [9.17, 15) is 0 Å². The zero-order chi connectivity index (χ0) is 45.6. The number of fused-ring (bicyclic) bond motifs is 10. The molecule has 0 radical (unpaired) electrons. The molecule has 2 heteroatoms. The van der Waals surface area contributed by atoms with Crippen molar-refractivity contribution in [3.8, 4) is 11.1 Å². The number of hydrogen-bond acceptors (Lipinski definition) is 2. The van der Waals surface area contributed by atoms with E-state index in [0.717, 1.165) is 48.3 Å². The minimum atomic E-state index is -0.736. The third-order valence-corrected chi connectivity index (χ3v) is 15.1. The topological polar surface area (TPSA) is 6.48 Å². The Morgan fingerprint density at radius 3 is 1.63 bits per heavy atom.